The summed E-state index contributed by atoms with van der Waals surface area (Å²) >= 11 is 0. The molecule has 0 radical (unpaired) electrons. The van der Waals surface area contributed by atoms with Gasteiger partial charge in [-0.15, -0.1) is 0 Å². The van der Waals surface area contributed by atoms with E-state index in [2.05, 4.69) is 14.6 Å². The van der Waals surface area contributed by atoms with E-state index in [0.717, 1.165) is 5.56 Å². The molecule has 1 aromatic heterocycles. The zero-order valence-electron chi connectivity index (χ0n) is 24.1. The van der Waals surface area contributed by atoms with Crippen LogP contribution in [0, 0.1) is 5.92 Å². The summed E-state index contributed by atoms with van der Waals surface area (Å²) in [6.07, 6.45) is 2.39. The van der Waals surface area contributed by atoms with E-state index in [0.29, 0.717) is 30.9 Å². The number of rotatable bonds is 10. The summed E-state index contributed by atoms with van der Waals surface area (Å²) < 4.78 is 36.3. The molecule has 42 heavy (non-hydrogen) atoms. The topological polar surface area (TPSA) is 154 Å². The number of carboxylic acids is 1. The molecule has 0 aliphatic carbocycles. The van der Waals surface area contributed by atoms with Gasteiger partial charge in [-0.3, -0.25) is 14.4 Å². The zero-order chi connectivity index (χ0) is 30.6. The molecule has 0 bridgehead atoms. The van der Waals surface area contributed by atoms with Gasteiger partial charge in [-0.1, -0.05) is 19.1 Å². The molecule has 1 aliphatic rings. The van der Waals surface area contributed by atoms with Crippen molar-refractivity contribution in [3.05, 3.63) is 71.7 Å². The smallest absolute Gasteiger partial charge is 0.335 e. The third-order valence-electron chi connectivity index (χ3n) is 7.27. The predicted molar refractivity (Wildman–Crippen MR) is 156 cm³/mol. The highest BCUT2D eigenvalue weighted by Crippen LogP contribution is 2.30. The molecule has 3 aromatic rings. The van der Waals surface area contributed by atoms with Gasteiger partial charge in [0.25, 0.3) is 10.0 Å². The molecule has 12 nitrogen and oxygen atoms in total. The van der Waals surface area contributed by atoms with Crippen LogP contribution in [0.5, 0.6) is 5.75 Å². The molecule has 13 heteroatoms. The van der Waals surface area contributed by atoms with Crippen molar-refractivity contribution in [3.63, 3.8) is 0 Å². The van der Waals surface area contributed by atoms with Crippen molar-refractivity contribution in [2.45, 2.75) is 44.0 Å². The first-order valence-corrected chi connectivity index (χ1v) is 15.1. The molecule has 1 aliphatic heterocycles. The minimum absolute atomic E-state index is 0.0377. The number of benzene rings is 2. The number of nitrogens with zero attached hydrogens (tertiary/aromatic N) is 4. The van der Waals surface area contributed by atoms with Gasteiger partial charge in [-0.25, -0.2) is 9.78 Å². The van der Waals surface area contributed by atoms with Crippen LogP contribution in [-0.2, 0) is 34.8 Å². The minimum Gasteiger partial charge on any atom is -0.488 e. The van der Waals surface area contributed by atoms with Gasteiger partial charge >= 0.3 is 5.97 Å². The van der Waals surface area contributed by atoms with Gasteiger partial charge in [0.05, 0.1) is 31.0 Å². The van der Waals surface area contributed by atoms with Crippen LogP contribution in [0.25, 0.3) is 0 Å². The predicted octanol–water partition coefficient (Wildman–Crippen LogP) is 2.20. The summed E-state index contributed by atoms with van der Waals surface area (Å²) in [6.45, 7) is 4.97. The third kappa shape index (κ3) is 7.46. The summed E-state index contributed by atoms with van der Waals surface area (Å²) in [5.74, 6) is -0.831. The van der Waals surface area contributed by atoms with Crippen LogP contribution in [0.3, 0.4) is 0 Å². The Bertz CT molecular complexity index is 1520. The van der Waals surface area contributed by atoms with Crippen LogP contribution in [0.4, 0.5) is 5.69 Å². The fourth-order valence-electron chi connectivity index (χ4n) is 4.88. The quantitative estimate of drug-likeness (QED) is 0.318. The summed E-state index contributed by atoms with van der Waals surface area (Å²) in [5, 5.41) is 18.9. The number of imidazole rings is 1. The van der Waals surface area contributed by atoms with Crippen molar-refractivity contribution >= 4 is 27.6 Å². The normalized spacial score (nSPS) is 18.4. The Labute approximate surface area is 245 Å². The number of amides is 1. The Kier molecular flexibility index (Phi) is 9.54. The first-order valence-electron chi connectivity index (χ1n) is 13.6. The number of likely N-dealkylation sites (N-methyl/N-ethyl adjacent to an activating group) is 1. The molecular weight excluding hydrogens is 562 g/mol. The number of sulfonamides is 1. The van der Waals surface area contributed by atoms with Gasteiger partial charge in [0.2, 0.25) is 5.91 Å². The van der Waals surface area contributed by atoms with Gasteiger partial charge in [0, 0.05) is 50.0 Å². The van der Waals surface area contributed by atoms with Gasteiger partial charge in [-0.2, -0.15) is 8.42 Å². The lowest BCUT2D eigenvalue weighted by Gasteiger charge is -2.34. The lowest BCUT2D eigenvalue weighted by molar-refractivity contribution is -0.134. The number of hydrogen-bond acceptors (Lipinski definition) is 8. The second kappa shape index (κ2) is 12.9. The van der Waals surface area contributed by atoms with E-state index in [1.165, 1.54) is 17.1 Å². The van der Waals surface area contributed by atoms with Crippen molar-refractivity contribution < 1.29 is 33.0 Å². The zero-order valence-corrected chi connectivity index (χ0v) is 24.9. The number of aromatic nitrogens is 2. The number of anilines is 1. The number of aryl methyl sites for hydroxylation is 1. The molecule has 0 saturated carbocycles. The van der Waals surface area contributed by atoms with E-state index < -0.39 is 22.0 Å². The molecule has 4 rings (SSSR count). The number of ether oxygens (including phenoxy) is 1. The molecule has 226 valence electrons. The van der Waals surface area contributed by atoms with Crippen molar-refractivity contribution in [1.29, 1.82) is 0 Å². The number of aliphatic hydroxyl groups is 1. The van der Waals surface area contributed by atoms with Gasteiger partial charge < -0.3 is 24.4 Å². The van der Waals surface area contributed by atoms with Crippen LogP contribution < -0.4 is 9.46 Å². The Morgan fingerprint density at radius 3 is 2.57 bits per heavy atom. The number of carboxylic acid groups (broad SMARTS) is 1. The highest BCUT2D eigenvalue weighted by molar-refractivity contribution is 7.92. The molecule has 3 N–H and O–H groups in total. The molecule has 2 heterocycles. The Balaban J connectivity index is 1.60. The van der Waals surface area contributed by atoms with E-state index in [1.54, 1.807) is 61.3 Å². The van der Waals surface area contributed by atoms with Crippen molar-refractivity contribution in [1.82, 2.24) is 19.4 Å². The molecule has 0 spiro atoms. The first kappa shape index (κ1) is 31.0. The van der Waals surface area contributed by atoms with Crippen LogP contribution in [0.15, 0.2) is 60.0 Å². The summed E-state index contributed by atoms with van der Waals surface area (Å²) in [7, 11) is -0.340. The maximum absolute atomic E-state index is 13.5. The van der Waals surface area contributed by atoms with E-state index in [9.17, 15) is 28.2 Å². The third-order valence-corrected chi connectivity index (χ3v) is 8.54. The van der Waals surface area contributed by atoms with E-state index in [-0.39, 0.29) is 47.2 Å². The molecule has 1 amide bonds. The number of aliphatic hydroxyl groups excluding tert-OH is 1. The van der Waals surface area contributed by atoms with E-state index in [1.807, 2.05) is 14.0 Å². The second-order valence-corrected chi connectivity index (χ2v) is 12.5. The SMILES string of the molecule is C[C@@H]1CN([C@@H](C)CO)C(=O)Cc2cc(NS(=O)(=O)c3cn(C)cn3)ccc2O[C@@H]1CN(C)Cc1ccc(C(=O)O)cc1. The number of fused-ring (bicyclic) bond motifs is 1. The number of aromatic carboxylic acids is 1. The Hall–Kier alpha value is -3.94. The fraction of sp³-hybridized carbons (Fsp3) is 0.414. The maximum Gasteiger partial charge on any atom is 0.335 e. The van der Waals surface area contributed by atoms with E-state index in [4.69, 9.17) is 4.74 Å². The molecule has 0 saturated heterocycles. The monoisotopic (exact) mass is 599 g/mol. The lowest BCUT2D eigenvalue weighted by Crippen LogP contribution is -2.47. The fourth-order valence-corrected chi connectivity index (χ4v) is 5.91. The molecule has 2 aromatic carbocycles. The van der Waals surface area contributed by atoms with Gasteiger partial charge in [0.1, 0.15) is 11.9 Å². The maximum atomic E-state index is 13.5. The van der Waals surface area contributed by atoms with Crippen LogP contribution in [0.2, 0.25) is 0 Å². The number of carbonyl (C=O) groups is 2. The average Bonchev–Trinajstić information content (AvgIpc) is 3.40. The van der Waals surface area contributed by atoms with E-state index >= 15 is 0 Å². The Morgan fingerprint density at radius 1 is 1.24 bits per heavy atom. The highest BCUT2D eigenvalue weighted by Gasteiger charge is 2.31. The standard InChI is InChI=1S/C29H37N5O7S/c1-19-13-34(20(2)17-35)28(36)12-23-11-24(31-42(39,40)27-16-33(4)18-30-27)9-10-25(23)41-26(19)15-32(3)14-21-5-7-22(8-6-21)29(37)38/h5-11,16,18-20,26,31,35H,12-15,17H2,1-4H3,(H,37,38)/t19-,20+,26-/m1/s1. The van der Waals surface area contributed by atoms with Crippen molar-refractivity contribution in [3.8, 4) is 5.75 Å². The second-order valence-electron chi connectivity index (χ2n) is 10.9. The molecule has 3 atom stereocenters. The minimum atomic E-state index is -3.95. The Morgan fingerprint density at radius 2 is 1.95 bits per heavy atom. The molecular formula is C29H37N5O7S. The summed E-state index contributed by atoms with van der Waals surface area (Å²) in [4.78, 5) is 32.3. The largest absolute Gasteiger partial charge is 0.488 e. The van der Waals surface area contributed by atoms with Gasteiger partial charge in [-0.05, 0) is 49.9 Å². The van der Waals surface area contributed by atoms with Crippen LogP contribution >= 0.6 is 0 Å². The molecule has 0 unspecified atom stereocenters. The lowest BCUT2D eigenvalue weighted by atomic mass is 10.0. The van der Waals surface area contributed by atoms with Crippen LogP contribution in [-0.4, -0.2) is 88.7 Å². The summed E-state index contributed by atoms with van der Waals surface area (Å²) in [5.41, 5.74) is 1.94. The van der Waals surface area contributed by atoms with Gasteiger partial charge in [0.15, 0.2) is 5.03 Å². The van der Waals surface area contributed by atoms with Crippen molar-refractivity contribution in [2.24, 2.45) is 13.0 Å². The average molecular weight is 600 g/mol. The number of carbonyl (C=O) groups excluding carboxylic acids is 1. The number of hydrogen-bond donors (Lipinski definition) is 3. The van der Waals surface area contributed by atoms with Crippen LogP contribution in [0.1, 0.15) is 35.3 Å². The molecule has 0 fully saturated rings. The van der Waals surface area contributed by atoms with Crippen molar-refractivity contribution in [2.75, 3.05) is 31.5 Å². The summed E-state index contributed by atoms with van der Waals surface area (Å²) in [6, 6.07) is 11.1. The first-order chi connectivity index (χ1) is 19.9. The highest BCUT2D eigenvalue weighted by atomic mass is 32.2. The number of nitrogens with one attached hydrogen (secondary N) is 1.